The van der Waals surface area contributed by atoms with Crippen LogP contribution in [0.15, 0.2) is 28.9 Å². The lowest BCUT2D eigenvalue weighted by Gasteiger charge is -2.53. The molecule has 8 N–H and O–H groups in total. The van der Waals surface area contributed by atoms with E-state index in [9.17, 15) is 54.9 Å². The number of carbonyl (C=O) groups is 4. The van der Waals surface area contributed by atoms with E-state index in [0.717, 1.165) is 13.2 Å². The summed E-state index contributed by atoms with van der Waals surface area (Å²) in [6.45, 7) is 2.73. The molecule has 1 fully saturated rings. The van der Waals surface area contributed by atoms with Crippen LogP contribution in [0.1, 0.15) is 77.0 Å². The van der Waals surface area contributed by atoms with Crippen LogP contribution in [0.3, 0.4) is 0 Å². The molecular weight excluding hydrogens is 700 g/mol. The van der Waals surface area contributed by atoms with Gasteiger partial charge in [-0.15, -0.1) is 0 Å². The van der Waals surface area contributed by atoms with E-state index in [1.54, 1.807) is 6.92 Å². The molecular formula is C36H40N2O15. The number of aromatic hydroxyl groups is 2. The Hall–Kier alpha value is -4.59. The van der Waals surface area contributed by atoms with E-state index in [2.05, 4.69) is 10.3 Å². The number of rotatable bonds is 9. The number of ether oxygens (including phenoxy) is 4. The van der Waals surface area contributed by atoms with Crippen molar-refractivity contribution in [3.05, 3.63) is 68.4 Å². The van der Waals surface area contributed by atoms with Gasteiger partial charge in [0.05, 0.1) is 34.7 Å². The number of Topliss-reactive ketones (excluding diaryl/α,β-unsaturated/α-hetero) is 3. The maximum absolute atomic E-state index is 14.7. The Morgan fingerprint density at radius 1 is 1.02 bits per heavy atom. The van der Waals surface area contributed by atoms with Gasteiger partial charge < -0.3 is 60.0 Å². The third-order valence-corrected chi connectivity index (χ3v) is 10.6. The first-order valence-corrected chi connectivity index (χ1v) is 16.7. The molecule has 2 aromatic rings. The number of nitrogens with zero attached hydrogens (tertiary/aromatic N) is 1. The number of fused-ring (bicyclic) bond motifs is 5. The molecule has 284 valence electrons. The number of phenolic OH excluding ortho intramolecular Hbond substituents is 1. The second kappa shape index (κ2) is 13.7. The fourth-order valence-electron chi connectivity index (χ4n) is 8.17. The molecule has 17 heteroatoms. The third kappa shape index (κ3) is 5.25. The van der Waals surface area contributed by atoms with Crippen LogP contribution in [0.4, 0.5) is 0 Å². The summed E-state index contributed by atoms with van der Waals surface area (Å²) in [5.74, 6) is -7.09. The molecule has 4 aliphatic rings. The normalized spacial score (nSPS) is 31.4. The highest BCUT2D eigenvalue weighted by Gasteiger charge is 2.72. The van der Waals surface area contributed by atoms with Crippen molar-refractivity contribution in [2.45, 2.75) is 74.6 Å². The van der Waals surface area contributed by atoms with Crippen molar-refractivity contribution in [2.24, 2.45) is 4.99 Å². The summed E-state index contributed by atoms with van der Waals surface area (Å²) in [5, 5.41) is 80.3. The molecule has 0 saturated carbocycles. The largest absolute Gasteiger partial charge is 0.507 e. The van der Waals surface area contributed by atoms with Gasteiger partial charge in [-0.2, -0.15) is 0 Å². The molecule has 1 aliphatic heterocycles. The van der Waals surface area contributed by atoms with Crippen LogP contribution in [0.25, 0.3) is 0 Å². The van der Waals surface area contributed by atoms with Crippen LogP contribution in [0, 0.1) is 6.92 Å². The number of aryl methyl sites for hydroxylation is 1. The van der Waals surface area contributed by atoms with E-state index in [4.69, 9.17) is 18.9 Å². The number of ketones is 3. The van der Waals surface area contributed by atoms with Gasteiger partial charge in [0, 0.05) is 57.6 Å². The first-order chi connectivity index (χ1) is 25.1. The standard InChI is InChI=1S/C36H40N2O15/c1-13-9-15-10-20(40)36(52-5)32(46)23-17(31(45)35(36,49)24(15)27(43)21(13)34(47)48)11-16-22(26(23)42)18(37-7-6-8-39)12-19(25(16)41)38-33-30(51-4)28(44)29(50-3)14(2)53-33/h9,11-12,14,20,28-30,33,38-40,42-44,49H,6-8,10H2,1-5H3,(H,47,48). The molecule has 17 nitrogen and oxygen atoms in total. The van der Waals surface area contributed by atoms with Crippen LogP contribution in [0.2, 0.25) is 0 Å². The molecule has 8 unspecified atom stereocenters. The molecule has 0 spiro atoms. The number of benzene rings is 2. The van der Waals surface area contributed by atoms with E-state index in [-0.39, 0.29) is 53.2 Å². The van der Waals surface area contributed by atoms with Crippen molar-refractivity contribution in [3.8, 4) is 11.5 Å². The average Bonchev–Trinajstić information content (AvgIpc) is 3.09. The number of nitrogens with one attached hydrogen (secondary N) is 1. The summed E-state index contributed by atoms with van der Waals surface area (Å²) in [6.07, 6.45) is -5.88. The molecule has 0 amide bonds. The molecule has 1 heterocycles. The molecule has 2 aromatic carbocycles. The van der Waals surface area contributed by atoms with Crippen LogP contribution in [0.5, 0.6) is 11.5 Å². The summed E-state index contributed by atoms with van der Waals surface area (Å²) < 4.78 is 22.3. The van der Waals surface area contributed by atoms with Crippen molar-refractivity contribution < 1.29 is 73.9 Å². The minimum atomic E-state index is -3.26. The van der Waals surface area contributed by atoms with Gasteiger partial charge in [0.15, 0.2) is 17.4 Å². The number of hydrogen-bond donors (Lipinski definition) is 8. The molecule has 1 saturated heterocycles. The summed E-state index contributed by atoms with van der Waals surface area (Å²) in [7, 11) is 3.63. The van der Waals surface area contributed by atoms with Gasteiger partial charge in [-0.25, -0.2) is 4.79 Å². The summed E-state index contributed by atoms with van der Waals surface area (Å²) in [5.41, 5.74) is -9.86. The van der Waals surface area contributed by atoms with Gasteiger partial charge in [0.1, 0.15) is 35.4 Å². The Morgan fingerprint density at radius 2 is 1.70 bits per heavy atom. The van der Waals surface area contributed by atoms with Crippen molar-refractivity contribution in [1.82, 2.24) is 5.32 Å². The second-order valence-electron chi connectivity index (χ2n) is 13.4. The Morgan fingerprint density at radius 3 is 2.30 bits per heavy atom. The number of phenols is 2. The Bertz CT molecular complexity index is 1990. The Kier molecular flexibility index (Phi) is 9.84. The predicted octanol–water partition coefficient (Wildman–Crippen LogP) is -0.350. The van der Waals surface area contributed by atoms with E-state index in [1.807, 2.05) is 0 Å². The first kappa shape index (κ1) is 38.1. The number of allylic oxidation sites excluding steroid dienone is 2. The number of methoxy groups -OCH3 is 3. The van der Waals surface area contributed by atoms with Gasteiger partial charge >= 0.3 is 5.97 Å². The molecule has 8 atom stereocenters. The van der Waals surface area contributed by atoms with Crippen LogP contribution in [-0.4, -0.2) is 142 Å². The van der Waals surface area contributed by atoms with Gasteiger partial charge in [0.25, 0.3) is 0 Å². The quantitative estimate of drug-likeness (QED) is 0.153. The second-order valence-corrected chi connectivity index (χ2v) is 13.4. The van der Waals surface area contributed by atoms with Crippen LogP contribution in [-0.2, 0) is 31.0 Å². The maximum Gasteiger partial charge on any atom is 0.339 e. The highest BCUT2D eigenvalue weighted by molar-refractivity contribution is 6.31. The summed E-state index contributed by atoms with van der Waals surface area (Å²) in [6, 6.07) is 2.21. The number of carboxylic acid groups (broad SMARTS) is 1. The Balaban J connectivity index is 1.56. The van der Waals surface area contributed by atoms with E-state index in [0.29, 0.717) is 0 Å². The van der Waals surface area contributed by atoms with Crippen molar-refractivity contribution >= 4 is 29.0 Å². The van der Waals surface area contributed by atoms with Crippen molar-refractivity contribution in [2.75, 3.05) is 34.5 Å². The van der Waals surface area contributed by atoms with Gasteiger partial charge in [-0.3, -0.25) is 19.4 Å². The van der Waals surface area contributed by atoms with Crippen molar-refractivity contribution in [1.29, 1.82) is 0 Å². The highest BCUT2D eigenvalue weighted by Crippen LogP contribution is 2.56. The minimum Gasteiger partial charge on any atom is -0.507 e. The smallest absolute Gasteiger partial charge is 0.339 e. The third-order valence-electron chi connectivity index (χ3n) is 10.6. The van der Waals surface area contributed by atoms with Gasteiger partial charge in [0.2, 0.25) is 17.3 Å². The number of carboxylic acids is 1. The van der Waals surface area contributed by atoms with Gasteiger partial charge in [-0.05, 0) is 43.5 Å². The molecule has 6 rings (SSSR count). The van der Waals surface area contributed by atoms with E-state index >= 15 is 0 Å². The zero-order valence-corrected chi connectivity index (χ0v) is 29.4. The molecule has 3 aliphatic carbocycles. The lowest BCUT2D eigenvalue weighted by Crippen LogP contribution is -2.73. The number of aliphatic hydroxyl groups excluding tert-OH is 3. The number of aliphatic imine (C=N–C) groups is 1. The van der Waals surface area contributed by atoms with E-state index in [1.165, 1.54) is 33.3 Å². The molecule has 0 radical (unpaired) electrons. The number of hydrogen-bond acceptors (Lipinski definition) is 16. The topological polar surface area (TPSA) is 271 Å². The van der Waals surface area contributed by atoms with Gasteiger partial charge in [-0.1, -0.05) is 6.07 Å². The lowest BCUT2D eigenvalue weighted by atomic mass is 9.56. The minimum absolute atomic E-state index is 0.0135. The fraction of sp³-hybridized carbons (Fsp3) is 0.472. The van der Waals surface area contributed by atoms with Crippen molar-refractivity contribution in [3.63, 3.8) is 0 Å². The maximum atomic E-state index is 14.7. The highest BCUT2D eigenvalue weighted by atomic mass is 16.6. The number of aliphatic hydroxyl groups is 4. The summed E-state index contributed by atoms with van der Waals surface area (Å²) in [4.78, 5) is 60.2. The zero-order chi connectivity index (χ0) is 38.9. The molecule has 0 bridgehead atoms. The lowest BCUT2D eigenvalue weighted by molar-refractivity contribution is -0.236. The molecule has 53 heavy (non-hydrogen) atoms. The monoisotopic (exact) mass is 740 g/mol. The molecule has 0 aromatic heterocycles. The SMILES string of the molecule is COC1C(C)OC(NC2=CC(=NCCCO)c3c(cc4c(c3O)C(=O)C3(OC)C(O)Cc5cc(C)c(C(=O)O)c(O)c5C3(O)C4=O)C2=O)C(OC)C1O. The fourth-order valence-corrected chi connectivity index (χ4v) is 8.17. The Labute approximate surface area is 302 Å². The average molecular weight is 741 g/mol. The first-order valence-electron chi connectivity index (χ1n) is 16.7. The predicted molar refractivity (Wildman–Crippen MR) is 181 cm³/mol. The summed E-state index contributed by atoms with van der Waals surface area (Å²) >= 11 is 0. The zero-order valence-electron chi connectivity index (χ0n) is 29.4. The van der Waals surface area contributed by atoms with E-state index < -0.39 is 111 Å². The van der Waals surface area contributed by atoms with Crippen LogP contribution < -0.4 is 5.32 Å². The number of carbonyl (C=O) groups excluding carboxylic acids is 3. The number of aromatic carboxylic acids is 1. The van der Waals surface area contributed by atoms with Crippen LogP contribution >= 0.6 is 0 Å².